The van der Waals surface area contributed by atoms with Gasteiger partial charge in [0, 0.05) is 17.9 Å². The number of carbonyl (C=O) groups excluding carboxylic acids is 1. The van der Waals surface area contributed by atoms with Crippen molar-refractivity contribution in [1.29, 1.82) is 0 Å². The molecule has 1 unspecified atom stereocenters. The molecule has 0 bridgehead atoms. The highest BCUT2D eigenvalue weighted by Crippen LogP contribution is 2.06. The second kappa shape index (κ2) is 6.83. The Morgan fingerprint density at radius 1 is 1.36 bits per heavy atom. The first kappa shape index (κ1) is 16.4. The maximum absolute atomic E-state index is 11.9. The van der Waals surface area contributed by atoms with E-state index < -0.39 is 6.10 Å². The number of fused-ring (bicyclic) bond motifs is 1. The summed E-state index contributed by atoms with van der Waals surface area (Å²) in [6.45, 7) is 8.12. The van der Waals surface area contributed by atoms with Crippen molar-refractivity contribution in [3.8, 4) is 0 Å². The van der Waals surface area contributed by atoms with Gasteiger partial charge >= 0.3 is 0 Å². The van der Waals surface area contributed by atoms with Crippen LogP contribution in [-0.2, 0) is 11.2 Å². The summed E-state index contributed by atoms with van der Waals surface area (Å²) < 4.78 is 1.63. The highest BCUT2D eigenvalue weighted by atomic mass is 16.3. The molecule has 2 heterocycles. The molecule has 0 aliphatic carbocycles. The number of nitrogens with one attached hydrogen (secondary N) is 1. The SMILES string of the molecule is Cc1cc(C)n2nc(CC(=O)NCC(O)CC(C)C)nc2n1. The molecule has 0 aliphatic rings. The van der Waals surface area contributed by atoms with Gasteiger partial charge in [-0.05, 0) is 32.3 Å². The van der Waals surface area contributed by atoms with Gasteiger partial charge < -0.3 is 10.4 Å². The lowest BCUT2D eigenvalue weighted by molar-refractivity contribution is -0.121. The molecular formula is C15H23N5O2. The molecule has 2 N–H and O–H groups in total. The third kappa shape index (κ3) is 4.24. The van der Waals surface area contributed by atoms with Gasteiger partial charge in [-0.2, -0.15) is 4.98 Å². The monoisotopic (exact) mass is 305 g/mol. The van der Waals surface area contributed by atoms with Crippen LogP contribution < -0.4 is 5.32 Å². The minimum Gasteiger partial charge on any atom is -0.391 e. The van der Waals surface area contributed by atoms with Gasteiger partial charge in [-0.15, -0.1) is 5.10 Å². The number of rotatable bonds is 6. The van der Waals surface area contributed by atoms with Crippen LogP contribution in [0, 0.1) is 19.8 Å². The van der Waals surface area contributed by atoms with E-state index in [1.54, 1.807) is 4.52 Å². The quantitative estimate of drug-likeness (QED) is 0.824. The minimum absolute atomic E-state index is 0.0796. The molecule has 7 heteroatoms. The Labute approximate surface area is 129 Å². The maximum Gasteiger partial charge on any atom is 0.252 e. The van der Waals surface area contributed by atoms with Crippen LogP contribution >= 0.6 is 0 Å². The van der Waals surface area contributed by atoms with Crippen molar-refractivity contribution in [2.24, 2.45) is 5.92 Å². The normalized spacial score (nSPS) is 12.8. The van der Waals surface area contributed by atoms with Crippen molar-refractivity contribution >= 4 is 11.7 Å². The van der Waals surface area contributed by atoms with E-state index in [0.29, 0.717) is 23.9 Å². The molecule has 0 spiro atoms. The summed E-state index contributed by atoms with van der Waals surface area (Å²) in [5.41, 5.74) is 1.79. The van der Waals surface area contributed by atoms with Crippen LogP contribution in [-0.4, -0.2) is 43.2 Å². The Morgan fingerprint density at radius 3 is 2.77 bits per heavy atom. The molecule has 0 saturated heterocycles. The van der Waals surface area contributed by atoms with Crippen molar-refractivity contribution in [3.05, 3.63) is 23.3 Å². The Bertz CT molecular complexity index is 665. The van der Waals surface area contributed by atoms with Crippen LogP contribution in [0.25, 0.3) is 5.78 Å². The van der Waals surface area contributed by atoms with E-state index in [0.717, 1.165) is 11.4 Å². The molecule has 1 amide bonds. The summed E-state index contributed by atoms with van der Waals surface area (Å²) >= 11 is 0. The number of hydrogen-bond acceptors (Lipinski definition) is 5. The van der Waals surface area contributed by atoms with Gasteiger partial charge in [0.05, 0.1) is 12.5 Å². The Balaban J connectivity index is 1.96. The zero-order valence-electron chi connectivity index (χ0n) is 13.5. The highest BCUT2D eigenvalue weighted by molar-refractivity contribution is 5.77. The first-order chi connectivity index (χ1) is 10.3. The molecule has 0 fully saturated rings. The van der Waals surface area contributed by atoms with Crippen molar-refractivity contribution < 1.29 is 9.90 Å². The molecule has 1 atom stereocenters. The number of hydrogen-bond donors (Lipinski definition) is 2. The number of aliphatic hydroxyl groups is 1. The summed E-state index contributed by atoms with van der Waals surface area (Å²) in [6, 6.07) is 1.91. The number of aromatic nitrogens is 4. The highest BCUT2D eigenvalue weighted by Gasteiger charge is 2.13. The first-order valence-electron chi connectivity index (χ1n) is 7.50. The molecule has 0 aliphatic heterocycles. The Morgan fingerprint density at radius 2 is 2.09 bits per heavy atom. The van der Waals surface area contributed by atoms with Gasteiger partial charge in [0.15, 0.2) is 5.82 Å². The molecule has 2 aromatic rings. The molecule has 0 radical (unpaired) electrons. The van der Waals surface area contributed by atoms with Crippen LogP contribution in [0.1, 0.15) is 37.5 Å². The molecule has 120 valence electrons. The van der Waals surface area contributed by atoms with Gasteiger partial charge in [0.25, 0.3) is 5.78 Å². The van der Waals surface area contributed by atoms with Gasteiger partial charge in [0.1, 0.15) is 0 Å². The summed E-state index contributed by atoms with van der Waals surface area (Å²) in [6.07, 6.45) is 0.218. The number of amides is 1. The molecule has 0 aromatic carbocycles. The molecule has 22 heavy (non-hydrogen) atoms. The lowest BCUT2D eigenvalue weighted by Crippen LogP contribution is -2.33. The van der Waals surface area contributed by atoms with E-state index in [9.17, 15) is 9.90 Å². The van der Waals surface area contributed by atoms with Crippen LogP contribution in [0.15, 0.2) is 6.07 Å². The fourth-order valence-corrected chi connectivity index (χ4v) is 2.35. The number of aliphatic hydroxyl groups excluding tert-OH is 1. The lowest BCUT2D eigenvalue weighted by Gasteiger charge is -2.13. The van der Waals surface area contributed by atoms with Crippen molar-refractivity contribution in [2.75, 3.05) is 6.54 Å². The standard InChI is InChI=1S/C15H23N5O2/c1-9(2)5-12(21)8-16-14(22)7-13-18-15-17-10(3)6-11(4)20(15)19-13/h6,9,12,21H,5,7-8H2,1-4H3,(H,16,22). The second-order valence-electron chi connectivity index (χ2n) is 6.04. The molecule has 2 rings (SSSR count). The lowest BCUT2D eigenvalue weighted by atomic mass is 10.1. The Kier molecular flexibility index (Phi) is 5.07. The van der Waals surface area contributed by atoms with E-state index in [1.807, 2.05) is 33.8 Å². The van der Waals surface area contributed by atoms with Crippen LogP contribution in [0.2, 0.25) is 0 Å². The predicted molar refractivity (Wildman–Crippen MR) is 82.4 cm³/mol. The number of aryl methyl sites for hydroxylation is 2. The van der Waals surface area contributed by atoms with Crippen LogP contribution in [0.5, 0.6) is 0 Å². The summed E-state index contributed by atoms with van der Waals surface area (Å²) in [5.74, 6) is 1.12. The molecule has 0 saturated carbocycles. The summed E-state index contributed by atoms with van der Waals surface area (Å²) in [7, 11) is 0. The first-order valence-corrected chi connectivity index (χ1v) is 7.50. The average molecular weight is 305 g/mol. The Hall–Kier alpha value is -2.02. The van der Waals surface area contributed by atoms with Crippen LogP contribution in [0.3, 0.4) is 0 Å². The predicted octanol–water partition coefficient (Wildman–Crippen LogP) is 0.807. The van der Waals surface area contributed by atoms with Crippen LogP contribution in [0.4, 0.5) is 0 Å². The van der Waals surface area contributed by atoms with E-state index in [4.69, 9.17) is 0 Å². The minimum atomic E-state index is -0.524. The summed E-state index contributed by atoms with van der Waals surface area (Å²) in [4.78, 5) is 20.5. The zero-order valence-corrected chi connectivity index (χ0v) is 13.5. The topological polar surface area (TPSA) is 92.4 Å². The van der Waals surface area contributed by atoms with Gasteiger partial charge in [0.2, 0.25) is 5.91 Å². The number of nitrogens with zero attached hydrogens (tertiary/aromatic N) is 4. The fraction of sp³-hybridized carbons (Fsp3) is 0.600. The zero-order chi connectivity index (χ0) is 16.3. The summed E-state index contributed by atoms with van der Waals surface area (Å²) in [5, 5.41) is 16.8. The van der Waals surface area contributed by atoms with Crippen molar-refractivity contribution in [3.63, 3.8) is 0 Å². The molecular weight excluding hydrogens is 282 g/mol. The fourth-order valence-electron chi connectivity index (χ4n) is 2.35. The second-order valence-corrected chi connectivity index (χ2v) is 6.04. The van der Waals surface area contributed by atoms with Gasteiger partial charge in [-0.3, -0.25) is 4.79 Å². The third-order valence-corrected chi connectivity index (χ3v) is 3.26. The van der Waals surface area contributed by atoms with E-state index in [1.165, 1.54) is 0 Å². The number of carbonyl (C=O) groups is 1. The van der Waals surface area contributed by atoms with Gasteiger partial charge in [-0.25, -0.2) is 9.50 Å². The molecule has 2 aromatic heterocycles. The van der Waals surface area contributed by atoms with Crippen molar-refractivity contribution in [2.45, 2.75) is 46.6 Å². The van der Waals surface area contributed by atoms with E-state index in [2.05, 4.69) is 20.4 Å². The largest absolute Gasteiger partial charge is 0.391 e. The molecule has 7 nitrogen and oxygen atoms in total. The van der Waals surface area contributed by atoms with E-state index in [-0.39, 0.29) is 18.9 Å². The smallest absolute Gasteiger partial charge is 0.252 e. The third-order valence-electron chi connectivity index (χ3n) is 3.26. The maximum atomic E-state index is 11.9. The van der Waals surface area contributed by atoms with E-state index >= 15 is 0 Å². The average Bonchev–Trinajstić information content (AvgIpc) is 2.78. The van der Waals surface area contributed by atoms with Crippen molar-refractivity contribution in [1.82, 2.24) is 24.9 Å². The van der Waals surface area contributed by atoms with Gasteiger partial charge in [-0.1, -0.05) is 13.8 Å².